The van der Waals surface area contributed by atoms with E-state index in [1.807, 2.05) is 106 Å². The van der Waals surface area contributed by atoms with Crippen molar-refractivity contribution in [2.24, 2.45) is 30.7 Å². The molecule has 11 aromatic rings. The number of methoxy groups -OCH3 is 2. The molecule has 0 bridgehead atoms. The summed E-state index contributed by atoms with van der Waals surface area (Å²) in [6.07, 6.45) is 6.85. The number of nitro benzene ring substituents is 2. The summed E-state index contributed by atoms with van der Waals surface area (Å²) in [5.74, 6) is 3.31. The number of aryl methyl sites for hydroxylation is 4. The molecule has 0 heterocycles. The monoisotopic (exact) mass is 1580 g/mol. The lowest BCUT2D eigenvalue weighted by Gasteiger charge is -2.26. The average Bonchev–Trinajstić information content (AvgIpc) is 0.813. The van der Waals surface area contributed by atoms with Crippen LogP contribution in [-0.2, 0) is 23.7 Å². The number of hydrogen-bond acceptors (Lipinski definition) is 19. The van der Waals surface area contributed by atoms with Gasteiger partial charge in [0.1, 0.15) is 36.2 Å². The average molecular weight is 1580 g/mol. The van der Waals surface area contributed by atoms with Crippen LogP contribution in [0.15, 0.2) is 292 Å². The van der Waals surface area contributed by atoms with Gasteiger partial charge in [-0.1, -0.05) is 159 Å². The van der Waals surface area contributed by atoms with E-state index in [1.54, 1.807) is 62.8 Å². The predicted molar refractivity (Wildman–Crippen MR) is 467 cm³/mol. The lowest BCUT2D eigenvalue weighted by molar-refractivity contribution is -0.385. The molecule has 11 rings (SSSR count). The Morgan fingerprint density at radius 3 is 0.991 bits per heavy atom. The molecule has 21 heteroatoms. The third kappa shape index (κ3) is 28.7. The first kappa shape index (κ1) is 90.4. The molecule has 0 aliphatic rings. The van der Waals surface area contributed by atoms with Crippen LogP contribution in [0.4, 0.5) is 62.6 Å². The maximum atomic E-state index is 10.8. The third-order valence-corrected chi connectivity index (χ3v) is 20.0. The second-order valence-electron chi connectivity index (χ2n) is 29.6. The van der Waals surface area contributed by atoms with E-state index in [0.29, 0.717) is 41.7 Å². The highest BCUT2D eigenvalue weighted by molar-refractivity contribution is 5.77. The fourth-order valence-electron chi connectivity index (χ4n) is 12.4. The van der Waals surface area contributed by atoms with Gasteiger partial charge in [0, 0.05) is 52.2 Å². The smallest absolute Gasteiger partial charge is 0.269 e. The molecule has 117 heavy (non-hydrogen) atoms. The standard InChI is InChI=1S/C30H30N4O3.C24H25N5O3.2C21H28O3/c1-3-30(35)21-8-23-6-15-27(16-7-23)33(26-13-4-22(2)5-14-26)28-17-9-24(10-18-28)31-32-25-11-19-29(20-12-25)34(36)37;1-3-23(30)14-4-18-5-15-24(17(2)16-18)28-27-20-8-6-19(7-9-20)25-26-21-10-12-22(13-11-21)29(31)32;2*1-5-6-18(22)15-24-20-13-9-17(10-14-20)21(2,3)16-7-11-19(23-4)12-8-16/h4-7,9-20,30,35H,3,8,21H2,1-2H3;5-13,15-16,23,30H,3-4,14H2,1-2H3;2*7-14,18,22H,5-6,15H2,1-4H3. The summed E-state index contributed by atoms with van der Waals surface area (Å²) in [7, 11) is 3.35. The largest absolute Gasteiger partial charge is 0.497 e. The number of nitrogens with zero attached hydrogens (tertiary/aromatic N) is 9. The van der Waals surface area contributed by atoms with Crippen LogP contribution in [-0.4, -0.2) is 82.1 Å². The van der Waals surface area contributed by atoms with Gasteiger partial charge in [-0.05, 0) is 256 Å². The molecule has 0 saturated carbocycles. The maximum Gasteiger partial charge on any atom is 0.269 e. The minimum atomic E-state index is -0.455. The van der Waals surface area contributed by atoms with Crippen molar-refractivity contribution in [3.8, 4) is 23.0 Å². The van der Waals surface area contributed by atoms with Crippen LogP contribution < -0.4 is 23.8 Å². The van der Waals surface area contributed by atoms with Gasteiger partial charge in [0.05, 0.1) is 82.6 Å². The van der Waals surface area contributed by atoms with E-state index in [-0.39, 0.29) is 34.4 Å². The molecule has 0 amide bonds. The molecule has 0 aromatic heterocycles. The zero-order valence-corrected chi connectivity index (χ0v) is 69.2. The summed E-state index contributed by atoms with van der Waals surface area (Å²) in [6.45, 7) is 21.6. The van der Waals surface area contributed by atoms with Gasteiger partial charge in [0.25, 0.3) is 11.4 Å². The number of azo groups is 3. The molecule has 0 aliphatic carbocycles. The van der Waals surface area contributed by atoms with Gasteiger partial charge in [0.2, 0.25) is 0 Å². The Morgan fingerprint density at radius 2 is 0.667 bits per heavy atom. The Bertz CT molecular complexity index is 4780. The van der Waals surface area contributed by atoms with Gasteiger partial charge < -0.3 is 44.3 Å². The molecule has 11 aromatic carbocycles. The van der Waals surface area contributed by atoms with Gasteiger partial charge in [-0.15, -0.1) is 0 Å². The van der Waals surface area contributed by atoms with Crippen molar-refractivity contribution in [3.63, 3.8) is 0 Å². The van der Waals surface area contributed by atoms with E-state index in [9.17, 15) is 40.7 Å². The first-order valence-electron chi connectivity index (χ1n) is 39.8. The summed E-state index contributed by atoms with van der Waals surface area (Å²) in [6, 6.07) is 82.2. The number of aliphatic hydroxyl groups excluding tert-OH is 4. The van der Waals surface area contributed by atoms with Crippen LogP contribution in [0.3, 0.4) is 0 Å². The highest BCUT2D eigenvalue weighted by atomic mass is 16.6. The highest BCUT2D eigenvalue weighted by Crippen LogP contribution is 2.39. The Kier molecular flexibility index (Phi) is 35.4. The molecule has 0 radical (unpaired) electrons. The Balaban J connectivity index is 0.000000198. The highest BCUT2D eigenvalue weighted by Gasteiger charge is 2.25. The number of hydrogen-bond donors (Lipinski definition) is 4. The normalized spacial score (nSPS) is 12.4. The summed E-state index contributed by atoms with van der Waals surface area (Å²) in [5.41, 5.74) is 16.2. The van der Waals surface area contributed by atoms with Gasteiger partial charge >= 0.3 is 0 Å². The van der Waals surface area contributed by atoms with Gasteiger partial charge in [-0.2, -0.15) is 30.7 Å². The molecule has 0 spiro atoms. The summed E-state index contributed by atoms with van der Waals surface area (Å²) in [5, 5.41) is 85.9. The number of ether oxygens (including phenoxy) is 4. The predicted octanol–water partition coefficient (Wildman–Crippen LogP) is 25.1. The molecule has 4 unspecified atom stereocenters. The number of rotatable bonds is 35. The third-order valence-electron chi connectivity index (χ3n) is 20.0. The number of anilines is 3. The van der Waals surface area contributed by atoms with Crippen LogP contribution in [0.25, 0.3) is 0 Å². The second kappa shape index (κ2) is 45.8. The molecule has 21 nitrogen and oxygen atoms in total. The van der Waals surface area contributed by atoms with Crippen molar-refractivity contribution < 1.29 is 49.2 Å². The van der Waals surface area contributed by atoms with E-state index in [0.717, 1.165) is 116 Å². The zero-order valence-electron chi connectivity index (χ0n) is 69.2. The van der Waals surface area contributed by atoms with Gasteiger partial charge in [0.15, 0.2) is 0 Å². The van der Waals surface area contributed by atoms with Crippen LogP contribution in [0.5, 0.6) is 23.0 Å². The van der Waals surface area contributed by atoms with Crippen molar-refractivity contribution in [2.75, 3.05) is 32.3 Å². The lowest BCUT2D eigenvalue weighted by Crippen LogP contribution is -2.19. The van der Waals surface area contributed by atoms with Crippen molar-refractivity contribution in [2.45, 2.75) is 169 Å². The number of nitro groups is 2. The number of aliphatic hydroxyl groups is 4. The molecule has 0 fully saturated rings. The summed E-state index contributed by atoms with van der Waals surface area (Å²) >= 11 is 0. The number of benzene rings is 11. The molecular weight excluding hydrogens is 1470 g/mol. The molecule has 4 atom stereocenters. The van der Waals surface area contributed by atoms with Crippen molar-refractivity contribution in [1.82, 2.24) is 0 Å². The van der Waals surface area contributed by atoms with Crippen molar-refractivity contribution >= 4 is 62.6 Å². The molecule has 4 N–H and O–H groups in total. The van der Waals surface area contributed by atoms with Crippen LogP contribution in [0.1, 0.15) is 151 Å². The molecular formula is C96H111N9O12. The maximum absolute atomic E-state index is 10.8. The Morgan fingerprint density at radius 1 is 0.368 bits per heavy atom. The molecule has 0 saturated heterocycles. The van der Waals surface area contributed by atoms with Gasteiger partial charge in [-0.3, -0.25) is 20.2 Å². The Labute approximate surface area is 688 Å². The molecule has 0 aliphatic heterocycles. The quantitative estimate of drug-likeness (QED) is 0.0164. The van der Waals surface area contributed by atoms with E-state index < -0.39 is 22.1 Å². The van der Waals surface area contributed by atoms with E-state index in [2.05, 4.69) is 187 Å². The summed E-state index contributed by atoms with van der Waals surface area (Å²) < 4.78 is 21.8. The number of non-ortho nitro benzene ring substituents is 2. The zero-order chi connectivity index (χ0) is 84.3. The molecule has 612 valence electrons. The minimum absolute atomic E-state index is 0.0128. The first-order chi connectivity index (χ1) is 56.3. The summed E-state index contributed by atoms with van der Waals surface area (Å²) in [4.78, 5) is 22.8. The second-order valence-corrected chi connectivity index (χ2v) is 29.6. The fraction of sp³-hybridized carbons (Fsp3) is 0.312. The lowest BCUT2D eigenvalue weighted by atomic mass is 9.78. The van der Waals surface area contributed by atoms with Gasteiger partial charge in [-0.25, -0.2) is 0 Å². The Hall–Kier alpha value is -12.1. The van der Waals surface area contributed by atoms with Crippen molar-refractivity contribution in [3.05, 3.63) is 326 Å². The minimum Gasteiger partial charge on any atom is -0.497 e. The SMILES string of the molecule is CCC(O)CCc1ccc(N(c2ccc(C)cc2)c2ccc(N=Nc3ccc([N+](=O)[O-])cc3)cc2)cc1.CCC(O)CCc1ccc(N=Nc2ccc(N=Nc3ccc([N+](=O)[O-])cc3)cc2)c(C)c1.CCCC(O)COc1ccc(C(C)(C)c2ccc(OC)cc2)cc1.CCCC(O)COc1ccc(C(C)(C)c2ccc(OC)cc2)cc1. The first-order valence-corrected chi connectivity index (χ1v) is 39.8. The van der Waals surface area contributed by atoms with E-state index in [1.165, 1.54) is 63.2 Å². The topological polar surface area (TPSA) is 282 Å². The fourth-order valence-corrected chi connectivity index (χ4v) is 12.4. The van der Waals surface area contributed by atoms with Crippen LogP contribution >= 0.6 is 0 Å². The van der Waals surface area contributed by atoms with Crippen LogP contribution in [0, 0.1) is 34.1 Å². The van der Waals surface area contributed by atoms with E-state index in [4.69, 9.17) is 18.9 Å². The van der Waals surface area contributed by atoms with Crippen LogP contribution in [0.2, 0.25) is 0 Å². The van der Waals surface area contributed by atoms with Crippen molar-refractivity contribution in [1.29, 1.82) is 0 Å². The van der Waals surface area contributed by atoms with E-state index >= 15 is 0 Å².